The number of hydrogen-bond acceptors (Lipinski definition) is 5. The van der Waals surface area contributed by atoms with E-state index in [1.54, 1.807) is 12.1 Å². The summed E-state index contributed by atoms with van der Waals surface area (Å²) in [4.78, 5) is 16.6. The lowest BCUT2D eigenvalue weighted by Gasteiger charge is -2.17. The van der Waals surface area contributed by atoms with Crippen LogP contribution >= 0.6 is 11.3 Å². The molecule has 1 aromatic heterocycles. The van der Waals surface area contributed by atoms with E-state index in [9.17, 15) is 13.2 Å². The van der Waals surface area contributed by atoms with Gasteiger partial charge in [0.15, 0.2) is 15.0 Å². The van der Waals surface area contributed by atoms with Gasteiger partial charge >= 0.3 is 0 Å². The number of sulfone groups is 1. The number of nitrogens with zero attached hydrogens (tertiary/aromatic N) is 1. The molecule has 0 spiro atoms. The Labute approximate surface area is 133 Å². The molecule has 3 rings (SSSR count). The Kier molecular flexibility index (Phi) is 4.01. The lowest BCUT2D eigenvalue weighted by atomic mass is 10.0. The van der Waals surface area contributed by atoms with Crippen molar-refractivity contribution < 1.29 is 13.2 Å². The Hall–Kier alpha value is -1.73. The van der Waals surface area contributed by atoms with E-state index < -0.39 is 9.84 Å². The van der Waals surface area contributed by atoms with Gasteiger partial charge in [0.1, 0.15) is 0 Å². The molecule has 0 fully saturated rings. The Morgan fingerprint density at radius 3 is 2.95 bits per heavy atom. The third-order valence-electron chi connectivity index (χ3n) is 3.55. The molecule has 2 heterocycles. The van der Waals surface area contributed by atoms with Gasteiger partial charge in [-0.2, -0.15) is 0 Å². The summed E-state index contributed by atoms with van der Waals surface area (Å²) in [5, 5.41) is 5.22. The molecule has 0 atom stereocenters. The lowest BCUT2D eigenvalue weighted by molar-refractivity contribution is -0.115. The van der Waals surface area contributed by atoms with Gasteiger partial charge in [-0.05, 0) is 37.0 Å². The van der Waals surface area contributed by atoms with Gasteiger partial charge in [-0.25, -0.2) is 13.4 Å². The predicted octanol–water partition coefficient (Wildman–Crippen LogP) is 2.35. The quantitative estimate of drug-likeness (QED) is 0.933. The first-order valence-corrected chi connectivity index (χ1v) is 9.54. The van der Waals surface area contributed by atoms with E-state index in [0.29, 0.717) is 16.4 Å². The topological polar surface area (TPSA) is 76.1 Å². The van der Waals surface area contributed by atoms with E-state index in [2.05, 4.69) is 10.3 Å². The maximum atomic E-state index is 12.0. The van der Waals surface area contributed by atoms with Crippen LogP contribution in [0, 0.1) is 6.92 Å². The average molecular weight is 336 g/mol. The van der Waals surface area contributed by atoms with E-state index in [1.165, 1.54) is 11.3 Å². The second-order valence-corrected chi connectivity index (χ2v) is 8.32. The van der Waals surface area contributed by atoms with Gasteiger partial charge in [0.25, 0.3) is 0 Å². The Morgan fingerprint density at radius 1 is 1.41 bits per heavy atom. The van der Waals surface area contributed by atoms with Gasteiger partial charge < -0.3 is 5.32 Å². The molecule has 0 radical (unpaired) electrons. The molecule has 1 aromatic carbocycles. The molecule has 2 aromatic rings. The van der Waals surface area contributed by atoms with E-state index in [4.69, 9.17) is 0 Å². The third-order valence-corrected chi connectivity index (χ3v) is 6.32. The molecule has 22 heavy (non-hydrogen) atoms. The molecule has 5 nitrogen and oxygen atoms in total. The van der Waals surface area contributed by atoms with Crippen LogP contribution in [0.4, 0.5) is 5.13 Å². The minimum Gasteiger partial charge on any atom is -0.302 e. The summed E-state index contributed by atoms with van der Waals surface area (Å²) in [6.07, 6.45) is 1.60. The van der Waals surface area contributed by atoms with Crippen LogP contribution in [0.25, 0.3) is 0 Å². The summed E-state index contributed by atoms with van der Waals surface area (Å²) in [5.41, 5.74) is 2.52. The highest BCUT2D eigenvalue weighted by Crippen LogP contribution is 2.26. The number of hydrogen-bond donors (Lipinski definition) is 1. The van der Waals surface area contributed by atoms with Crippen molar-refractivity contribution in [3.8, 4) is 0 Å². The van der Waals surface area contributed by atoms with Crippen LogP contribution in [0.15, 0.2) is 28.5 Å². The number of nitrogens with one attached hydrogen (secondary N) is 1. The van der Waals surface area contributed by atoms with Crippen molar-refractivity contribution in [2.45, 2.75) is 31.1 Å². The van der Waals surface area contributed by atoms with Crippen molar-refractivity contribution >= 4 is 32.2 Å². The summed E-state index contributed by atoms with van der Waals surface area (Å²) in [7, 11) is -3.14. The minimum atomic E-state index is -3.14. The summed E-state index contributed by atoms with van der Waals surface area (Å²) < 4.78 is 23.9. The van der Waals surface area contributed by atoms with Gasteiger partial charge in [-0.3, -0.25) is 4.79 Å². The largest absolute Gasteiger partial charge is 0.302 e. The van der Waals surface area contributed by atoms with Crippen LogP contribution in [0.3, 0.4) is 0 Å². The molecular formula is C15H16N2O3S2. The molecule has 7 heteroatoms. The SMILES string of the molecule is Cc1csc(NC(=O)Cc2ccc3c(c2)CCCS3(=O)=O)n1. The highest BCUT2D eigenvalue weighted by atomic mass is 32.2. The van der Waals surface area contributed by atoms with Crippen molar-refractivity contribution in [2.75, 3.05) is 11.1 Å². The van der Waals surface area contributed by atoms with Crippen molar-refractivity contribution in [1.29, 1.82) is 0 Å². The smallest absolute Gasteiger partial charge is 0.230 e. The van der Waals surface area contributed by atoms with Crippen LogP contribution in [0.1, 0.15) is 23.2 Å². The number of benzene rings is 1. The number of aromatic nitrogens is 1. The second kappa shape index (κ2) is 5.81. The van der Waals surface area contributed by atoms with Crippen LogP contribution in [0.5, 0.6) is 0 Å². The summed E-state index contributed by atoms with van der Waals surface area (Å²) in [6.45, 7) is 1.87. The Balaban J connectivity index is 1.75. The van der Waals surface area contributed by atoms with E-state index in [-0.39, 0.29) is 18.1 Å². The van der Waals surface area contributed by atoms with Gasteiger partial charge in [0.05, 0.1) is 22.8 Å². The Morgan fingerprint density at radius 2 is 2.23 bits per heavy atom. The number of carbonyl (C=O) groups excluding carboxylic acids is 1. The highest BCUT2D eigenvalue weighted by molar-refractivity contribution is 7.91. The third kappa shape index (κ3) is 3.20. The zero-order valence-corrected chi connectivity index (χ0v) is 13.8. The average Bonchev–Trinajstić information content (AvgIpc) is 2.83. The number of aryl methyl sites for hydroxylation is 2. The number of carbonyl (C=O) groups is 1. The minimum absolute atomic E-state index is 0.145. The van der Waals surface area contributed by atoms with Gasteiger partial charge in [-0.15, -0.1) is 11.3 Å². The lowest BCUT2D eigenvalue weighted by Crippen LogP contribution is -2.18. The monoisotopic (exact) mass is 336 g/mol. The van der Waals surface area contributed by atoms with Crippen molar-refractivity contribution in [3.63, 3.8) is 0 Å². The first-order chi connectivity index (χ1) is 10.4. The standard InChI is InChI=1S/C15H16N2O3S2/c1-10-9-21-15(16-10)17-14(18)8-11-4-5-13-12(7-11)3-2-6-22(13,19)20/h4-5,7,9H,2-3,6,8H2,1H3,(H,16,17,18). The molecule has 1 N–H and O–H groups in total. The van der Waals surface area contributed by atoms with E-state index >= 15 is 0 Å². The summed E-state index contributed by atoms with van der Waals surface area (Å²) in [6, 6.07) is 5.17. The molecule has 0 aliphatic carbocycles. The summed E-state index contributed by atoms with van der Waals surface area (Å²) >= 11 is 1.39. The molecule has 0 saturated heterocycles. The normalized spacial score (nSPS) is 16.0. The maximum absolute atomic E-state index is 12.0. The van der Waals surface area contributed by atoms with E-state index in [0.717, 1.165) is 23.2 Å². The number of anilines is 1. The van der Waals surface area contributed by atoms with E-state index in [1.807, 2.05) is 18.4 Å². The van der Waals surface area contributed by atoms with Crippen molar-refractivity contribution in [2.24, 2.45) is 0 Å². The van der Waals surface area contributed by atoms with Crippen LogP contribution in [-0.4, -0.2) is 25.1 Å². The molecule has 1 aliphatic heterocycles. The molecule has 1 aliphatic rings. The number of fused-ring (bicyclic) bond motifs is 1. The fourth-order valence-electron chi connectivity index (χ4n) is 2.56. The first kappa shape index (κ1) is 15.2. The zero-order chi connectivity index (χ0) is 15.7. The second-order valence-electron chi connectivity index (χ2n) is 5.38. The molecular weight excluding hydrogens is 320 g/mol. The predicted molar refractivity (Wildman–Crippen MR) is 86.0 cm³/mol. The highest BCUT2D eigenvalue weighted by Gasteiger charge is 2.23. The first-order valence-electron chi connectivity index (χ1n) is 7.00. The zero-order valence-electron chi connectivity index (χ0n) is 12.1. The van der Waals surface area contributed by atoms with Crippen molar-refractivity contribution in [3.05, 3.63) is 40.4 Å². The number of rotatable bonds is 3. The Bertz CT molecular complexity index is 825. The van der Waals surface area contributed by atoms with Crippen LogP contribution in [0.2, 0.25) is 0 Å². The maximum Gasteiger partial charge on any atom is 0.230 e. The van der Waals surface area contributed by atoms with Gasteiger partial charge in [0.2, 0.25) is 5.91 Å². The molecule has 1 amide bonds. The molecule has 0 unspecified atom stereocenters. The fraction of sp³-hybridized carbons (Fsp3) is 0.333. The van der Waals surface area contributed by atoms with Crippen LogP contribution < -0.4 is 5.32 Å². The molecule has 0 bridgehead atoms. The number of thiazole rings is 1. The number of amides is 1. The van der Waals surface area contributed by atoms with Crippen molar-refractivity contribution in [1.82, 2.24) is 4.98 Å². The van der Waals surface area contributed by atoms with Gasteiger partial charge in [-0.1, -0.05) is 12.1 Å². The molecule has 0 saturated carbocycles. The fourth-order valence-corrected chi connectivity index (χ4v) is 4.85. The molecule has 116 valence electrons. The summed E-state index contributed by atoms with van der Waals surface area (Å²) in [5.74, 6) is 0.0661. The van der Waals surface area contributed by atoms with Gasteiger partial charge in [0, 0.05) is 5.38 Å². The van der Waals surface area contributed by atoms with Crippen LogP contribution in [-0.2, 0) is 27.5 Å².